The van der Waals surface area contributed by atoms with Gasteiger partial charge in [0.2, 0.25) is 5.91 Å². The summed E-state index contributed by atoms with van der Waals surface area (Å²) in [6.07, 6.45) is 4.44. The van der Waals surface area contributed by atoms with Gasteiger partial charge in [0.05, 0.1) is 11.6 Å². The minimum absolute atomic E-state index is 0.0375. The standard InChI is InChI=1S/C15H15NO4/c17-11-4-2-1-3-10(11)16-14(18)12-8-5-6-9(7-8)13(12)15(19)20/h1-6,8-9,12-13,17H,7H2,(H,16,18)(H,19,20)/p-1/t8-,9+,12+,13+/m0/s1. The molecule has 1 amide bonds. The van der Waals surface area contributed by atoms with Crippen LogP contribution in [0.4, 0.5) is 5.69 Å². The SMILES string of the molecule is O=C([O-])[C@H]1[C@H](C(=O)Nc2ccccc2O)[C@H]2C=C[C@@H]1C2. The van der Waals surface area contributed by atoms with Crippen molar-refractivity contribution in [2.75, 3.05) is 5.32 Å². The van der Waals surface area contributed by atoms with E-state index < -0.39 is 17.8 Å². The van der Waals surface area contributed by atoms with Crippen LogP contribution in [0.5, 0.6) is 5.75 Å². The highest BCUT2D eigenvalue weighted by Crippen LogP contribution is 2.48. The molecule has 104 valence electrons. The first-order valence-corrected chi connectivity index (χ1v) is 6.56. The van der Waals surface area contributed by atoms with Gasteiger partial charge in [-0.25, -0.2) is 0 Å². The van der Waals surface area contributed by atoms with Gasteiger partial charge in [-0.15, -0.1) is 0 Å². The van der Waals surface area contributed by atoms with Crippen LogP contribution >= 0.6 is 0 Å². The van der Waals surface area contributed by atoms with E-state index in [2.05, 4.69) is 5.32 Å². The topological polar surface area (TPSA) is 89.5 Å². The van der Waals surface area contributed by atoms with Crippen molar-refractivity contribution in [2.45, 2.75) is 6.42 Å². The van der Waals surface area contributed by atoms with Crippen LogP contribution in [0.3, 0.4) is 0 Å². The molecule has 5 nitrogen and oxygen atoms in total. The molecule has 0 unspecified atom stereocenters. The first-order chi connectivity index (χ1) is 9.58. The normalized spacial score (nSPS) is 30.4. The van der Waals surface area contributed by atoms with E-state index in [9.17, 15) is 19.8 Å². The second kappa shape index (κ2) is 4.67. The molecule has 4 atom stereocenters. The highest BCUT2D eigenvalue weighted by molar-refractivity contribution is 5.97. The van der Waals surface area contributed by atoms with Gasteiger partial charge in [0.1, 0.15) is 5.75 Å². The van der Waals surface area contributed by atoms with Crippen LogP contribution in [0, 0.1) is 23.7 Å². The molecule has 0 aliphatic heterocycles. The van der Waals surface area contributed by atoms with Gasteiger partial charge in [-0.05, 0) is 30.4 Å². The van der Waals surface area contributed by atoms with E-state index in [-0.39, 0.29) is 23.5 Å². The lowest BCUT2D eigenvalue weighted by Crippen LogP contribution is -2.42. The number of fused-ring (bicyclic) bond motifs is 2. The fraction of sp³-hybridized carbons (Fsp3) is 0.333. The predicted octanol–water partition coefficient (Wildman–Crippen LogP) is 0.519. The van der Waals surface area contributed by atoms with Crippen molar-refractivity contribution >= 4 is 17.6 Å². The van der Waals surface area contributed by atoms with Crippen molar-refractivity contribution < 1.29 is 19.8 Å². The molecule has 2 N–H and O–H groups in total. The number of aromatic hydroxyl groups is 1. The molecule has 2 aliphatic carbocycles. The molecule has 0 spiro atoms. The van der Waals surface area contributed by atoms with Crippen LogP contribution in [0.2, 0.25) is 0 Å². The Kier molecular flexibility index (Phi) is 2.97. The molecular formula is C15H14NO4-. The summed E-state index contributed by atoms with van der Waals surface area (Å²) in [6, 6.07) is 6.37. The fourth-order valence-electron chi connectivity index (χ4n) is 3.30. The highest BCUT2D eigenvalue weighted by atomic mass is 16.4. The molecule has 2 aliphatic rings. The van der Waals surface area contributed by atoms with Crippen molar-refractivity contribution in [3.8, 4) is 5.75 Å². The van der Waals surface area contributed by atoms with Gasteiger partial charge in [0.25, 0.3) is 0 Å². The molecule has 0 aromatic heterocycles. The number of para-hydroxylation sites is 2. The summed E-state index contributed by atoms with van der Waals surface area (Å²) in [5.41, 5.74) is 0.293. The fourth-order valence-corrected chi connectivity index (χ4v) is 3.30. The van der Waals surface area contributed by atoms with Crippen molar-refractivity contribution in [1.29, 1.82) is 0 Å². The van der Waals surface area contributed by atoms with Gasteiger partial charge in [0.15, 0.2) is 0 Å². The number of carboxylic acids is 1. The Morgan fingerprint density at radius 3 is 2.45 bits per heavy atom. The maximum atomic E-state index is 12.3. The number of phenols is 1. The molecule has 20 heavy (non-hydrogen) atoms. The van der Waals surface area contributed by atoms with Gasteiger partial charge < -0.3 is 20.3 Å². The van der Waals surface area contributed by atoms with E-state index in [1.807, 2.05) is 12.2 Å². The number of carbonyl (C=O) groups is 2. The summed E-state index contributed by atoms with van der Waals surface area (Å²) in [5, 5.41) is 23.5. The molecule has 1 aromatic carbocycles. The number of rotatable bonds is 3. The van der Waals surface area contributed by atoms with Crippen LogP contribution in [-0.2, 0) is 9.59 Å². The van der Waals surface area contributed by atoms with Gasteiger partial charge in [-0.1, -0.05) is 24.3 Å². The summed E-state index contributed by atoms with van der Waals surface area (Å²) < 4.78 is 0. The number of benzene rings is 1. The third-order valence-corrected chi connectivity index (χ3v) is 4.20. The van der Waals surface area contributed by atoms with Crippen LogP contribution in [0.15, 0.2) is 36.4 Å². The third-order valence-electron chi connectivity index (χ3n) is 4.20. The average molecular weight is 272 g/mol. The van der Waals surface area contributed by atoms with Crippen molar-refractivity contribution in [3.63, 3.8) is 0 Å². The van der Waals surface area contributed by atoms with E-state index in [1.54, 1.807) is 18.2 Å². The number of carboxylic acid groups (broad SMARTS) is 1. The lowest BCUT2D eigenvalue weighted by molar-refractivity contribution is -0.313. The number of hydrogen-bond acceptors (Lipinski definition) is 4. The zero-order chi connectivity index (χ0) is 14.3. The van der Waals surface area contributed by atoms with Gasteiger partial charge in [0, 0.05) is 11.9 Å². The minimum Gasteiger partial charge on any atom is -0.550 e. The highest BCUT2D eigenvalue weighted by Gasteiger charge is 2.48. The molecule has 3 rings (SSSR count). The van der Waals surface area contributed by atoms with E-state index in [0.717, 1.165) is 0 Å². The summed E-state index contributed by atoms with van der Waals surface area (Å²) in [5.74, 6) is -3.19. The Morgan fingerprint density at radius 2 is 1.80 bits per heavy atom. The number of allylic oxidation sites excluding steroid dienone is 2. The quantitative estimate of drug-likeness (QED) is 0.620. The zero-order valence-corrected chi connectivity index (χ0v) is 10.7. The summed E-state index contributed by atoms with van der Waals surface area (Å²) in [4.78, 5) is 23.6. The molecule has 2 bridgehead atoms. The Balaban J connectivity index is 1.82. The molecule has 1 aromatic rings. The number of anilines is 1. The molecular weight excluding hydrogens is 258 g/mol. The lowest BCUT2D eigenvalue weighted by atomic mass is 9.82. The van der Waals surface area contributed by atoms with E-state index in [4.69, 9.17) is 0 Å². The number of nitrogens with one attached hydrogen (secondary N) is 1. The predicted molar refractivity (Wildman–Crippen MR) is 69.5 cm³/mol. The van der Waals surface area contributed by atoms with E-state index in [0.29, 0.717) is 12.1 Å². The van der Waals surface area contributed by atoms with Crippen LogP contribution in [0.1, 0.15) is 6.42 Å². The molecule has 1 saturated carbocycles. The smallest absolute Gasteiger partial charge is 0.228 e. The average Bonchev–Trinajstić information content (AvgIpc) is 3.01. The van der Waals surface area contributed by atoms with Crippen LogP contribution in [-0.4, -0.2) is 17.0 Å². The van der Waals surface area contributed by atoms with E-state index >= 15 is 0 Å². The first-order valence-electron chi connectivity index (χ1n) is 6.56. The van der Waals surface area contributed by atoms with Crippen LogP contribution in [0.25, 0.3) is 0 Å². The number of carbonyl (C=O) groups excluding carboxylic acids is 2. The van der Waals surface area contributed by atoms with Crippen molar-refractivity contribution in [1.82, 2.24) is 0 Å². The monoisotopic (exact) mass is 272 g/mol. The number of aliphatic carboxylic acids is 1. The molecule has 5 heteroatoms. The van der Waals surface area contributed by atoms with Gasteiger partial charge >= 0.3 is 0 Å². The Bertz CT molecular complexity index is 595. The molecule has 0 saturated heterocycles. The first kappa shape index (κ1) is 12.7. The number of hydrogen-bond donors (Lipinski definition) is 2. The van der Waals surface area contributed by atoms with Gasteiger partial charge in [-0.3, -0.25) is 4.79 Å². The lowest BCUT2D eigenvalue weighted by Gasteiger charge is -2.27. The Labute approximate surface area is 115 Å². The Morgan fingerprint density at radius 1 is 1.15 bits per heavy atom. The van der Waals surface area contributed by atoms with Crippen molar-refractivity contribution in [2.24, 2.45) is 23.7 Å². The van der Waals surface area contributed by atoms with E-state index in [1.165, 1.54) is 6.07 Å². The Hall–Kier alpha value is -2.30. The maximum absolute atomic E-state index is 12.3. The molecule has 0 radical (unpaired) electrons. The second-order valence-electron chi connectivity index (χ2n) is 5.33. The number of phenolic OH excluding ortho intramolecular Hbond substituents is 1. The molecule has 1 fully saturated rings. The summed E-state index contributed by atoms with van der Waals surface area (Å²) >= 11 is 0. The summed E-state index contributed by atoms with van der Waals surface area (Å²) in [7, 11) is 0. The van der Waals surface area contributed by atoms with Gasteiger partial charge in [-0.2, -0.15) is 0 Å². The van der Waals surface area contributed by atoms with Crippen LogP contribution < -0.4 is 10.4 Å². The summed E-state index contributed by atoms with van der Waals surface area (Å²) in [6.45, 7) is 0. The number of amides is 1. The van der Waals surface area contributed by atoms with Crippen molar-refractivity contribution in [3.05, 3.63) is 36.4 Å². The largest absolute Gasteiger partial charge is 0.550 e. The zero-order valence-electron chi connectivity index (χ0n) is 10.7. The molecule has 0 heterocycles. The second-order valence-corrected chi connectivity index (χ2v) is 5.33. The third kappa shape index (κ3) is 1.95. The minimum atomic E-state index is -1.18. The maximum Gasteiger partial charge on any atom is 0.228 e.